The fourth-order valence-electron chi connectivity index (χ4n) is 4.67. The summed E-state index contributed by atoms with van der Waals surface area (Å²) in [6.07, 6.45) is 9.72. The second-order valence-corrected chi connectivity index (χ2v) is 7.77. The van der Waals surface area contributed by atoms with Crippen molar-refractivity contribution in [2.45, 2.75) is 57.9 Å². The molecule has 3 heteroatoms. The lowest BCUT2D eigenvalue weighted by molar-refractivity contribution is 0.0469. The highest BCUT2D eigenvalue weighted by Gasteiger charge is 2.34. The number of rotatable bonds is 6. The van der Waals surface area contributed by atoms with E-state index >= 15 is 0 Å². The Morgan fingerprint density at radius 2 is 1.76 bits per heavy atom. The first-order chi connectivity index (χ1) is 10.1. The van der Waals surface area contributed by atoms with E-state index in [-0.39, 0.29) is 0 Å². The Labute approximate surface area is 132 Å². The Hall–Kier alpha value is -0.120. The van der Waals surface area contributed by atoms with Crippen LogP contribution < -0.4 is 5.73 Å². The van der Waals surface area contributed by atoms with Gasteiger partial charge in [0.2, 0.25) is 0 Å². The SMILES string of the molecule is CCCC1CCC(CN)C(N2CCC(CN(C)C)CC2)C1. The van der Waals surface area contributed by atoms with Crippen LogP contribution in [0, 0.1) is 17.8 Å². The molecule has 0 aromatic carbocycles. The van der Waals surface area contributed by atoms with E-state index in [1.165, 1.54) is 64.6 Å². The van der Waals surface area contributed by atoms with Gasteiger partial charge in [0.25, 0.3) is 0 Å². The number of hydrogen-bond acceptors (Lipinski definition) is 3. The molecule has 2 fully saturated rings. The van der Waals surface area contributed by atoms with Crippen LogP contribution in [0.2, 0.25) is 0 Å². The van der Waals surface area contributed by atoms with Gasteiger partial charge in [-0.05, 0) is 77.2 Å². The summed E-state index contributed by atoms with van der Waals surface area (Å²) >= 11 is 0. The molecule has 2 rings (SSSR count). The molecule has 1 heterocycles. The van der Waals surface area contributed by atoms with E-state index < -0.39 is 0 Å². The lowest BCUT2D eigenvalue weighted by Gasteiger charge is -2.45. The van der Waals surface area contributed by atoms with E-state index in [1.807, 2.05) is 0 Å². The lowest BCUT2D eigenvalue weighted by atomic mass is 9.75. The van der Waals surface area contributed by atoms with Crippen LogP contribution in [-0.2, 0) is 0 Å². The van der Waals surface area contributed by atoms with Crippen LogP contribution in [0.5, 0.6) is 0 Å². The van der Waals surface area contributed by atoms with Crippen molar-refractivity contribution in [3.63, 3.8) is 0 Å². The molecule has 21 heavy (non-hydrogen) atoms. The van der Waals surface area contributed by atoms with E-state index in [2.05, 4.69) is 30.8 Å². The van der Waals surface area contributed by atoms with Gasteiger partial charge in [-0.1, -0.05) is 26.2 Å². The van der Waals surface area contributed by atoms with Crippen molar-refractivity contribution in [2.75, 3.05) is 40.3 Å². The quantitative estimate of drug-likeness (QED) is 0.818. The van der Waals surface area contributed by atoms with Crippen LogP contribution in [0.3, 0.4) is 0 Å². The molecule has 0 amide bonds. The topological polar surface area (TPSA) is 32.5 Å². The second kappa shape index (κ2) is 8.50. The maximum absolute atomic E-state index is 6.08. The van der Waals surface area contributed by atoms with Crippen molar-refractivity contribution in [3.8, 4) is 0 Å². The molecule has 1 aliphatic carbocycles. The molecule has 0 radical (unpaired) electrons. The summed E-state index contributed by atoms with van der Waals surface area (Å²) in [5, 5.41) is 0. The van der Waals surface area contributed by atoms with Crippen LogP contribution >= 0.6 is 0 Å². The molecule has 3 atom stereocenters. The normalized spacial score (nSPS) is 32.7. The first-order valence-corrected chi connectivity index (χ1v) is 9.22. The van der Waals surface area contributed by atoms with Crippen molar-refractivity contribution in [1.82, 2.24) is 9.80 Å². The minimum atomic E-state index is 0.753. The van der Waals surface area contributed by atoms with Gasteiger partial charge in [-0.3, -0.25) is 0 Å². The summed E-state index contributed by atoms with van der Waals surface area (Å²) in [4.78, 5) is 5.15. The zero-order valence-electron chi connectivity index (χ0n) is 14.6. The highest BCUT2D eigenvalue weighted by atomic mass is 15.2. The molecule has 0 aromatic heterocycles. The molecular formula is C18H37N3. The van der Waals surface area contributed by atoms with Gasteiger partial charge in [-0.25, -0.2) is 0 Å². The third-order valence-electron chi connectivity index (χ3n) is 5.81. The summed E-state index contributed by atoms with van der Waals surface area (Å²) in [5.74, 6) is 2.62. The number of nitrogens with zero attached hydrogens (tertiary/aromatic N) is 2. The molecule has 3 unspecified atom stereocenters. The van der Waals surface area contributed by atoms with Crippen molar-refractivity contribution in [2.24, 2.45) is 23.5 Å². The third kappa shape index (κ3) is 4.94. The van der Waals surface area contributed by atoms with E-state index in [4.69, 9.17) is 5.73 Å². The fourth-order valence-corrected chi connectivity index (χ4v) is 4.67. The van der Waals surface area contributed by atoms with E-state index in [9.17, 15) is 0 Å². The molecule has 1 saturated heterocycles. The van der Waals surface area contributed by atoms with Gasteiger partial charge in [0.05, 0.1) is 0 Å². The zero-order valence-corrected chi connectivity index (χ0v) is 14.6. The van der Waals surface area contributed by atoms with E-state index in [1.54, 1.807) is 0 Å². The van der Waals surface area contributed by atoms with Gasteiger partial charge in [0, 0.05) is 12.6 Å². The number of nitrogens with two attached hydrogens (primary N) is 1. The highest BCUT2D eigenvalue weighted by Crippen LogP contribution is 2.36. The Morgan fingerprint density at radius 3 is 2.33 bits per heavy atom. The van der Waals surface area contributed by atoms with Gasteiger partial charge >= 0.3 is 0 Å². The van der Waals surface area contributed by atoms with Gasteiger partial charge in [-0.15, -0.1) is 0 Å². The summed E-state index contributed by atoms with van der Waals surface area (Å²) < 4.78 is 0. The molecule has 3 nitrogen and oxygen atoms in total. The summed E-state index contributed by atoms with van der Waals surface area (Å²) in [6, 6.07) is 0.778. The molecular weight excluding hydrogens is 258 g/mol. The maximum Gasteiger partial charge on any atom is 0.0138 e. The van der Waals surface area contributed by atoms with Gasteiger partial charge in [0.1, 0.15) is 0 Å². The zero-order chi connectivity index (χ0) is 15.2. The third-order valence-corrected chi connectivity index (χ3v) is 5.81. The maximum atomic E-state index is 6.08. The Bertz CT molecular complexity index is 284. The predicted octanol–water partition coefficient (Wildman–Crippen LogP) is 2.80. The van der Waals surface area contributed by atoms with Crippen LogP contribution in [0.1, 0.15) is 51.9 Å². The first kappa shape index (κ1) is 17.2. The van der Waals surface area contributed by atoms with Crippen molar-refractivity contribution in [1.29, 1.82) is 0 Å². The number of hydrogen-bond donors (Lipinski definition) is 1. The minimum Gasteiger partial charge on any atom is -0.330 e. The average Bonchev–Trinajstić information content (AvgIpc) is 2.48. The molecule has 124 valence electrons. The van der Waals surface area contributed by atoms with Crippen molar-refractivity contribution in [3.05, 3.63) is 0 Å². The highest BCUT2D eigenvalue weighted by molar-refractivity contribution is 4.89. The first-order valence-electron chi connectivity index (χ1n) is 9.22. The summed E-state index contributed by atoms with van der Waals surface area (Å²) in [5.41, 5.74) is 6.08. The van der Waals surface area contributed by atoms with Crippen LogP contribution in [0.15, 0.2) is 0 Å². The number of likely N-dealkylation sites (tertiary alicyclic amines) is 1. The molecule has 1 saturated carbocycles. The van der Waals surface area contributed by atoms with Crippen molar-refractivity contribution >= 4 is 0 Å². The number of piperidine rings is 1. The molecule has 0 spiro atoms. The summed E-state index contributed by atoms with van der Waals surface area (Å²) in [7, 11) is 4.40. The van der Waals surface area contributed by atoms with E-state index in [0.29, 0.717) is 0 Å². The van der Waals surface area contributed by atoms with E-state index in [0.717, 1.165) is 30.3 Å². The standard InChI is InChI=1S/C18H37N3/c1-4-5-15-6-7-17(13-19)18(12-15)21-10-8-16(9-11-21)14-20(2)3/h15-18H,4-14,19H2,1-3H3. The summed E-state index contributed by atoms with van der Waals surface area (Å²) in [6.45, 7) is 7.09. The van der Waals surface area contributed by atoms with Gasteiger partial charge in [-0.2, -0.15) is 0 Å². The van der Waals surface area contributed by atoms with Gasteiger partial charge in [0.15, 0.2) is 0 Å². The Balaban J connectivity index is 1.86. The second-order valence-electron chi connectivity index (χ2n) is 7.77. The smallest absolute Gasteiger partial charge is 0.0138 e. The molecule has 1 aliphatic heterocycles. The van der Waals surface area contributed by atoms with Gasteiger partial charge < -0.3 is 15.5 Å². The average molecular weight is 296 g/mol. The van der Waals surface area contributed by atoms with Crippen LogP contribution in [0.4, 0.5) is 0 Å². The monoisotopic (exact) mass is 295 g/mol. The lowest BCUT2D eigenvalue weighted by Crippen LogP contribution is -2.50. The predicted molar refractivity (Wildman–Crippen MR) is 91.4 cm³/mol. The van der Waals surface area contributed by atoms with Crippen LogP contribution in [0.25, 0.3) is 0 Å². The fraction of sp³-hybridized carbons (Fsp3) is 1.00. The Morgan fingerprint density at radius 1 is 1.05 bits per heavy atom. The molecule has 2 N–H and O–H groups in total. The Kier molecular flexibility index (Phi) is 6.97. The molecule has 2 aliphatic rings. The molecule has 0 bridgehead atoms. The van der Waals surface area contributed by atoms with Crippen LogP contribution in [-0.4, -0.2) is 56.1 Å². The largest absolute Gasteiger partial charge is 0.330 e. The minimum absolute atomic E-state index is 0.753. The molecule has 0 aromatic rings. The van der Waals surface area contributed by atoms with Crippen molar-refractivity contribution < 1.29 is 0 Å².